The van der Waals surface area contributed by atoms with E-state index in [1.165, 1.54) is 0 Å². The molecule has 0 fully saturated rings. The molecule has 0 saturated heterocycles. The maximum atomic E-state index is 13.0. The van der Waals surface area contributed by atoms with Gasteiger partial charge in [0.15, 0.2) is 0 Å². The second-order valence-electron chi connectivity index (χ2n) is 3.24. The molecule has 0 aliphatic rings. The number of carboxylic acid groups (broad SMARTS) is 1. The number of alkyl halides is 2. The fraction of sp³-hybridized carbons (Fsp3) is 0.556. The second-order valence-corrected chi connectivity index (χ2v) is 4.36. The molecule has 0 aliphatic carbocycles. The van der Waals surface area contributed by atoms with Crippen molar-refractivity contribution in [3.05, 3.63) is 11.4 Å². The summed E-state index contributed by atoms with van der Waals surface area (Å²) in [5.74, 6) is -2.14. The lowest BCUT2D eigenvalue weighted by Gasteiger charge is -2.10. The first-order valence-corrected chi connectivity index (χ1v) is 5.45. The zero-order valence-electron chi connectivity index (χ0n) is 9.12. The van der Waals surface area contributed by atoms with Gasteiger partial charge in [-0.25, -0.2) is 4.79 Å². The third-order valence-corrected chi connectivity index (χ3v) is 3.32. The van der Waals surface area contributed by atoms with Crippen LogP contribution in [0.5, 0.6) is 0 Å². The van der Waals surface area contributed by atoms with Crippen LogP contribution in [-0.2, 0) is 11.3 Å². The van der Waals surface area contributed by atoms with Crippen molar-refractivity contribution in [1.82, 2.24) is 9.78 Å². The molecule has 0 saturated carbocycles. The highest BCUT2D eigenvalue weighted by atomic mass is 32.2. The molecule has 7 heteroatoms. The average Bonchev–Trinajstić information content (AvgIpc) is 2.44. The lowest BCUT2D eigenvalue weighted by molar-refractivity contribution is -0.152. The van der Waals surface area contributed by atoms with Crippen molar-refractivity contribution in [3.63, 3.8) is 0 Å². The molecule has 90 valence electrons. The molecule has 0 aliphatic heterocycles. The first-order chi connectivity index (χ1) is 7.29. The number of aliphatic carboxylic acids is 1. The van der Waals surface area contributed by atoms with Crippen LogP contribution in [0.2, 0.25) is 0 Å². The highest BCUT2D eigenvalue weighted by Gasteiger charge is 2.41. The molecule has 1 aromatic heterocycles. The number of hydrogen-bond donors (Lipinski definition) is 1. The minimum absolute atomic E-state index is 0.0272. The predicted molar refractivity (Wildman–Crippen MR) is 55.8 cm³/mol. The maximum absolute atomic E-state index is 13.0. The first-order valence-electron chi connectivity index (χ1n) is 4.63. The second kappa shape index (κ2) is 4.40. The third-order valence-electron chi connectivity index (χ3n) is 2.09. The van der Waals surface area contributed by atoms with Crippen molar-refractivity contribution in [2.45, 2.75) is 37.5 Å². The molecule has 0 amide bonds. The van der Waals surface area contributed by atoms with Gasteiger partial charge >= 0.3 is 11.2 Å². The molecule has 1 rings (SSSR count). The van der Waals surface area contributed by atoms with Crippen molar-refractivity contribution in [1.29, 1.82) is 0 Å². The van der Waals surface area contributed by atoms with Gasteiger partial charge in [0.05, 0.1) is 10.6 Å². The summed E-state index contributed by atoms with van der Waals surface area (Å²) in [5.41, 5.74) is 0.983. The van der Waals surface area contributed by atoms with Crippen molar-refractivity contribution in [3.8, 4) is 0 Å². The van der Waals surface area contributed by atoms with Gasteiger partial charge in [-0.15, -0.1) is 0 Å². The smallest absolute Gasteiger partial charge is 0.393 e. The van der Waals surface area contributed by atoms with E-state index in [-0.39, 0.29) is 16.7 Å². The van der Waals surface area contributed by atoms with E-state index in [1.54, 1.807) is 18.5 Å². The van der Waals surface area contributed by atoms with Crippen molar-refractivity contribution < 1.29 is 18.7 Å². The number of aryl methyl sites for hydroxylation is 2. The zero-order valence-corrected chi connectivity index (χ0v) is 9.94. The van der Waals surface area contributed by atoms with E-state index in [1.807, 2.05) is 6.92 Å². The topological polar surface area (TPSA) is 55.1 Å². The van der Waals surface area contributed by atoms with E-state index in [4.69, 9.17) is 5.11 Å². The third kappa shape index (κ3) is 2.34. The van der Waals surface area contributed by atoms with Crippen LogP contribution in [0.4, 0.5) is 8.78 Å². The Bertz CT molecular complexity index is 418. The Hall–Kier alpha value is -1.11. The maximum Gasteiger partial charge on any atom is 0.393 e. The SMILES string of the molecule is CCn1nc(C)c(SC(F)(F)C(=O)O)c1C. The number of carboxylic acids is 1. The van der Waals surface area contributed by atoms with E-state index >= 15 is 0 Å². The molecule has 0 spiro atoms. The van der Waals surface area contributed by atoms with Gasteiger partial charge in [-0.3, -0.25) is 4.68 Å². The highest BCUT2D eigenvalue weighted by molar-refractivity contribution is 8.01. The Balaban J connectivity index is 3.06. The molecule has 1 N–H and O–H groups in total. The Labute approximate surface area is 95.6 Å². The van der Waals surface area contributed by atoms with Crippen LogP contribution in [-0.4, -0.2) is 26.1 Å². The molecule has 0 unspecified atom stereocenters. The lowest BCUT2D eigenvalue weighted by atomic mass is 10.4. The largest absolute Gasteiger partial charge is 0.476 e. The van der Waals surface area contributed by atoms with Crippen LogP contribution in [0.3, 0.4) is 0 Å². The number of aromatic nitrogens is 2. The van der Waals surface area contributed by atoms with Gasteiger partial charge in [-0.05, 0) is 32.5 Å². The number of thioether (sulfide) groups is 1. The van der Waals surface area contributed by atoms with Crippen LogP contribution < -0.4 is 0 Å². The molecule has 0 radical (unpaired) electrons. The highest BCUT2D eigenvalue weighted by Crippen LogP contribution is 2.39. The number of halogens is 2. The minimum atomic E-state index is -3.82. The predicted octanol–water partition coefficient (Wildman–Crippen LogP) is 2.29. The summed E-state index contributed by atoms with van der Waals surface area (Å²) >= 11 is 0.0272. The summed E-state index contributed by atoms with van der Waals surface area (Å²) in [6.07, 6.45) is 0. The number of rotatable bonds is 4. The average molecular weight is 250 g/mol. The Morgan fingerprint density at radius 2 is 2.12 bits per heavy atom. The van der Waals surface area contributed by atoms with Crippen LogP contribution >= 0.6 is 11.8 Å². The summed E-state index contributed by atoms with van der Waals surface area (Å²) in [4.78, 5) is 10.6. The fourth-order valence-corrected chi connectivity index (χ4v) is 2.09. The summed E-state index contributed by atoms with van der Waals surface area (Å²) in [6.45, 7) is 5.62. The Morgan fingerprint density at radius 1 is 1.56 bits per heavy atom. The minimum Gasteiger partial charge on any atom is -0.476 e. The summed E-state index contributed by atoms with van der Waals surface area (Å²) < 4.78 is 27.6. The van der Waals surface area contributed by atoms with E-state index in [0.29, 0.717) is 17.9 Å². The summed E-state index contributed by atoms with van der Waals surface area (Å²) in [6, 6.07) is 0. The normalized spacial score (nSPS) is 11.8. The Kier molecular flexibility index (Phi) is 3.57. The van der Waals surface area contributed by atoms with Gasteiger partial charge < -0.3 is 5.11 Å². The fourth-order valence-electron chi connectivity index (χ4n) is 1.31. The molecule has 1 aromatic rings. The van der Waals surface area contributed by atoms with E-state index in [9.17, 15) is 13.6 Å². The molecule has 0 atom stereocenters. The van der Waals surface area contributed by atoms with Gasteiger partial charge in [0, 0.05) is 12.2 Å². The van der Waals surface area contributed by atoms with Gasteiger partial charge in [-0.2, -0.15) is 13.9 Å². The molecular formula is C9H12F2N2O2S. The first kappa shape index (κ1) is 13.0. The standard InChI is InChI=1S/C9H12F2N2O2S/c1-4-13-6(3)7(5(2)12-13)16-9(10,11)8(14)15/h4H2,1-3H3,(H,14,15). The summed E-state index contributed by atoms with van der Waals surface area (Å²) in [7, 11) is 0. The quantitative estimate of drug-likeness (QED) is 0.833. The van der Waals surface area contributed by atoms with Crippen LogP contribution in [0.1, 0.15) is 18.3 Å². The van der Waals surface area contributed by atoms with Gasteiger partial charge in [-0.1, -0.05) is 0 Å². The van der Waals surface area contributed by atoms with Crippen molar-refractivity contribution >= 4 is 17.7 Å². The van der Waals surface area contributed by atoms with E-state index in [2.05, 4.69) is 5.10 Å². The summed E-state index contributed by atoms with van der Waals surface area (Å²) in [5, 5.41) is 8.57. The van der Waals surface area contributed by atoms with Crippen LogP contribution in [0.15, 0.2) is 4.90 Å². The monoisotopic (exact) mass is 250 g/mol. The molecular weight excluding hydrogens is 238 g/mol. The number of nitrogens with zero attached hydrogens (tertiary/aromatic N) is 2. The van der Waals surface area contributed by atoms with Crippen molar-refractivity contribution in [2.24, 2.45) is 0 Å². The number of hydrogen-bond acceptors (Lipinski definition) is 3. The molecule has 4 nitrogen and oxygen atoms in total. The van der Waals surface area contributed by atoms with Crippen LogP contribution in [0.25, 0.3) is 0 Å². The molecule has 0 aromatic carbocycles. The van der Waals surface area contributed by atoms with Gasteiger partial charge in [0.1, 0.15) is 0 Å². The van der Waals surface area contributed by atoms with E-state index < -0.39 is 11.2 Å². The van der Waals surface area contributed by atoms with E-state index in [0.717, 1.165) is 0 Å². The molecule has 0 bridgehead atoms. The molecule has 16 heavy (non-hydrogen) atoms. The lowest BCUT2D eigenvalue weighted by Crippen LogP contribution is -2.23. The van der Waals surface area contributed by atoms with Crippen molar-refractivity contribution in [2.75, 3.05) is 0 Å². The van der Waals surface area contributed by atoms with Gasteiger partial charge in [0.2, 0.25) is 0 Å². The molecule has 1 heterocycles. The number of carbonyl (C=O) groups is 1. The van der Waals surface area contributed by atoms with Crippen LogP contribution in [0, 0.1) is 13.8 Å². The Morgan fingerprint density at radius 3 is 2.50 bits per heavy atom. The zero-order chi connectivity index (χ0) is 12.5. The van der Waals surface area contributed by atoms with Gasteiger partial charge in [0.25, 0.3) is 0 Å².